The van der Waals surface area contributed by atoms with Gasteiger partial charge in [0.25, 0.3) is 0 Å². The number of ether oxygens (including phenoxy) is 4. The Labute approximate surface area is 653 Å². The maximum Gasteiger partial charge on any atom is 0.472 e. The van der Waals surface area contributed by atoms with Crippen LogP contribution < -0.4 is 0 Å². The lowest BCUT2D eigenvalue weighted by Crippen LogP contribution is -2.30. The second-order valence-electron chi connectivity index (χ2n) is 26.2. The zero-order chi connectivity index (χ0) is 78.9. The lowest BCUT2D eigenvalue weighted by Gasteiger charge is -2.21. The van der Waals surface area contributed by atoms with Crippen molar-refractivity contribution in [3.05, 3.63) is 194 Å². The molecule has 108 heavy (non-hydrogen) atoms. The summed E-state index contributed by atoms with van der Waals surface area (Å²) in [6.07, 6.45) is 96.9. The molecule has 19 heteroatoms. The quantitative estimate of drug-likeness (QED) is 0.0169. The van der Waals surface area contributed by atoms with E-state index in [1.807, 2.05) is 0 Å². The molecule has 0 aliphatic rings. The highest BCUT2D eigenvalue weighted by atomic mass is 31.2. The molecule has 5 atom stereocenters. The third-order valence-corrected chi connectivity index (χ3v) is 17.9. The van der Waals surface area contributed by atoms with Gasteiger partial charge in [-0.3, -0.25) is 37.3 Å². The maximum absolute atomic E-state index is 13.1. The number of allylic oxidation sites excluding steroid dienone is 32. The number of aliphatic hydroxyl groups is 1. The summed E-state index contributed by atoms with van der Waals surface area (Å²) < 4.78 is 68.6. The van der Waals surface area contributed by atoms with Gasteiger partial charge in [-0.1, -0.05) is 273 Å². The van der Waals surface area contributed by atoms with E-state index in [1.54, 1.807) is 0 Å². The van der Waals surface area contributed by atoms with Gasteiger partial charge in [-0.2, -0.15) is 0 Å². The van der Waals surface area contributed by atoms with Crippen LogP contribution in [0.3, 0.4) is 0 Å². The largest absolute Gasteiger partial charge is 0.472 e. The Morgan fingerprint density at radius 3 is 0.704 bits per heavy atom. The summed E-state index contributed by atoms with van der Waals surface area (Å²) in [6, 6.07) is 0. The van der Waals surface area contributed by atoms with Gasteiger partial charge in [-0.15, -0.1) is 0 Å². The first kappa shape index (κ1) is 102. The molecule has 0 amide bonds. The summed E-state index contributed by atoms with van der Waals surface area (Å²) in [4.78, 5) is 73.2. The standard InChI is InChI=1S/C89H142O17P2/c1-5-9-13-17-21-25-29-33-37-40-41-44-47-50-54-58-62-66-70-74-87(92)100-80-85(106-89(94)76-72-68-64-60-56-52-48-43-39-35-31-27-23-19-15-11-7-3)82-104-108(97,98)102-78-83(90)77-101-107(95,96)103-81-84(105-88(93)75-71-67-63-59-55-51-45-36-32-28-24-20-16-12-8-4)79-99-86(91)73-69-65-61-57-53-49-46-42-38-34-30-26-22-18-14-10-6-2/h9-16,21-28,33-39,41,44-46,48-50,52,54,83-85,90H,5-8,17-20,29-32,40,42-43,47,51,53,55-82H2,1-4H3,(H,95,96)(H,97,98)/b13-9-,14-10-,15-11-,16-12-,25-21-,26-22-,27-23-,28-24-,37-33-,38-34-,39-35-,44-41-,45-36-,49-46-,52-48-,54-50-. The van der Waals surface area contributed by atoms with Crippen LogP contribution in [0.4, 0.5) is 0 Å². The number of carbonyl (C=O) groups is 4. The number of phosphoric ester groups is 2. The van der Waals surface area contributed by atoms with Gasteiger partial charge in [-0.05, 0) is 180 Å². The number of unbranched alkanes of at least 4 members (excludes halogenated alkanes) is 16. The van der Waals surface area contributed by atoms with Crippen molar-refractivity contribution in [1.82, 2.24) is 0 Å². The van der Waals surface area contributed by atoms with Crippen molar-refractivity contribution in [3.63, 3.8) is 0 Å². The summed E-state index contributed by atoms with van der Waals surface area (Å²) in [5.41, 5.74) is 0. The molecule has 0 bridgehead atoms. The topological polar surface area (TPSA) is 237 Å². The van der Waals surface area contributed by atoms with Crippen LogP contribution in [0.5, 0.6) is 0 Å². The number of rotatable bonds is 74. The predicted molar refractivity (Wildman–Crippen MR) is 445 cm³/mol. The second-order valence-corrected chi connectivity index (χ2v) is 29.1. The number of carbonyl (C=O) groups excluding carboxylic acids is 4. The van der Waals surface area contributed by atoms with Gasteiger partial charge < -0.3 is 33.8 Å². The van der Waals surface area contributed by atoms with Crippen LogP contribution in [0, 0.1) is 0 Å². The van der Waals surface area contributed by atoms with E-state index in [-0.39, 0.29) is 25.7 Å². The second kappa shape index (κ2) is 79.0. The minimum absolute atomic E-state index is 0.0504. The third kappa shape index (κ3) is 78.0. The van der Waals surface area contributed by atoms with Gasteiger partial charge in [0.2, 0.25) is 0 Å². The Hall–Kier alpha value is -6.10. The molecule has 0 aliphatic heterocycles. The molecule has 0 saturated carbocycles. The van der Waals surface area contributed by atoms with Crippen molar-refractivity contribution < 1.29 is 80.2 Å². The SMILES string of the molecule is CC/C=C\C/C=C\C/C=C\C/C=C\C/C=C\CCCCCC(=O)OCC(COP(=O)(O)OCC(O)COP(=O)(O)OCC(COC(=O)CCCCCC/C=C\C/C=C\C/C=C\C/C=C\CC)OC(=O)CCCCCCC/C=C\C/C=C\C/C=C\CC)OC(=O)CCCCCC/C=C\C/C=C\C/C=C\C/C=C\CC. The summed E-state index contributed by atoms with van der Waals surface area (Å²) in [5, 5.41) is 10.7. The normalized spacial score (nSPS) is 14.8. The zero-order valence-corrected chi connectivity index (χ0v) is 68.5. The van der Waals surface area contributed by atoms with Gasteiger partial charge in [-0.25, -0.2) is 9.13 Å². The third-order valence-electron chi connectivity index (χ3n) is 16.0. The Morgan fingerprint density at radius 1 is 0.259 bits per heavy atom. The van der Waals surface area contributed by atoms with E-state index in [9.17, 15) is 43.2 Å². The maximum atomic E-state index is 13.1. The van der Waals surface area contributed by atoms with Crippen molar-refractivity contribution in [2.24, 2.45) is 0 Å². The molecule has 0 rings (SSSR count). The molecule has 0 radical (unpaired) electrons. The first-order valence-electron chi connectivity index (χ1n) is 40.7. The van der Waals surface area contributed by atoms with E-state index in [0.29, 0.717) is 25.7 Å². The molecular formula is C89H142O17P2. The summed E-state index contributed by atoms with van der Waals surface area (Å²) in [7, 11) is -10.0. The van der Waals surface area contributed by atoms with Gasteiger partial charge >= 0.3 is 39.5 Å². The number of hydrogen-bond donors (Lipinski definition) is 3. The van der Waals surface area contributed by atoms with Crippen LogP contribution in [0.25, 0.3) is 0 Å². The number of aliphatic hydroxyl groups excluding tert-OH is 1. The minimum atomic E-state index is -5.01. The van der Waals surface area contributed by atoms with Crippen LogP contribution in [0.15, 0.2) is 194 Å². The van der Waals surface area contributed by atoms with E-state index in [2.05, 4.69) is 222 Å². The number of hydrogen-bond acceptors (Lipinski definition) is 15. The smallest absolute Gasteiger partial charge is 0.462 e. The van der Waals surface area contributed by atoms with Crippen LogP contribution in [0.1, 0.15) is 285 Å². The van der Waals surface area contributed by atoms with Gasteiger partial charge in [0, 0.05) is 25.7 Å². The fourth-order valence-corrected chi connectivity index (χ4v) is 11.6. The monoisotopic (exact) mass is 1540 g/mol. The van der Waals surface area contributed by atoms with Crippen molar-refractivity contribution in [2.45, 2.75) is 303 Å². The van der Waals surface area contributed by atoms with Crippen molar-refractivity contribution in [3.8, 4) is 0 Å². The molecule has 0 fully saturated rings. The lowest BCUT2D eigenvalue weighted by molar-refractivity contribution is -0.161. The van der Waals surface area contributed by atoms with Crippen LogP contribution in [0.2, 0.25) is 0 Å². The number of phosphoric acid groups is 2. The molecular weight excluding hydrogens is 1400 g/mol. The molecule has 610 valence electrons. The molecule has 0 aromatic carbocycles. The Bertz CT molecular complexity index is 2810. The molecule has 5 unspecified atom stereocenters. The Balaban J connectivity index is 5.49. The highest BCUT2D eigenvalue weighted by Gasteiger charge is 2.30. The molecule has 0 aromatic rings. The molecule has 3 N–H and O–H groups in total. The minimum Gasteiger partial charge on any atom is -0.462 e. The fourth-order valence-electron chi connectivity index (χ4n) is 10.0. The average Bonchev–Trinajstić information content (AvgIpc) is 0.906. The van der Waals surface area contributed by atoms with Gasteiger partial charge in [0.05, 0.1) is 26.4 Å². The molecule has 0 aromatic heterocycles. The van der Waals surface area contributed by atoms with E-state index < -0.39 is 97.5 Å². The predicted octanol–water partition coefficient (Wildman–Crippen LogP) is 24.1. The van der Waals surface area contributed by atoms with Gasteiger partial charge in [0.1, 0.15) is 19.3 Å². The average molecular weight is 1550 g/mol. The number of esters is 4. The molecule has 0 aliphatic carbocycles. The van der Waals surface area contributed by atoms with Crippen molar-refractivity contribution >= 4 is 39.5 Å². The Morgan fingerprint density at radius 2 is 0.454 bits per heavy atom. The summed E-state index contributed by atoms with van der Waals surface area (Å²) >= 11 is 0. The first-order valence-corrected chi connectivity index (χ1v) is 43.7. The highest BCUT2D eigenvalue weighted by Crippen LogP contribution is 2.45. The summed E-state index contributed by atoms with van der Waals surface area (Å²) in [5.74, 6) is -2.30. The van der Waals surface area contributed by atoms with Crippen LogP contribution in [-0.4, -0.2) is 96.7 Å². The highest BCUT2D eigenvalue weighted by molar-refractivity contribution is 7.47. The van der Waals surface area contributed by atoms with E-state index in [0.717, 1.165) is 205 Å². The molecule has 17 nitrogen and oxygen atoms in total. The molecule has 0 spiro atoms. The molecule has 0 heterocycles. The Kier molecular flexibility index (Phi) is 74.5. The van der Waals surface area contributed by atoms with Crippen LogP contribution in [-0.2, 0) is 65.4 Å². The van der Waals surface area contributed by atoms with E-state index in [1.165, 1.54) is 0 Å². The van der Waals surface area contributed by atoms with Gasteiger partial charge in [0.15, 0.2) is 12.2 Å². The van der Waals surface area contributed by atoms with Crippen LogP contribution >= 0.6 is 15.6 Å². The fraction of sp³-hybridized carbons (Fsp3) is 0.596. The summed E-state index contributed by atoms with van der Waals surface area (Å²) in [6.45, 7) is 4.29. The van der Waals surface area contributed by atoms with E-state index >= 15 is 0 Å². The first-order chi connectivity index (χ1) is 52.7. The zero-order valence-electron chi connectivity index (χ0n) is 66.7. The lowest BCUT2D eigenvalue weighted by atomic mass is 10.1. The molecule has 0 saturated heterocycles. The van der Waals surface area contributed by atoms with Crippen molar-refractivity contribution in [1.29, 1.82) is 0 Å². The van der Waals surface area contributed by atoms with E-state index in [4.69, 9.17) is 37.0 Å². The van der Waals surface area contributed by atoms with Crippen molar-refractivity contribution in [2.75, 3.05) is 39.6 Å².